The Kier molecular flexibility index (Phi) is 5.35. The molecule has 1 atom stereocenters. The first-order valence-corrected chi connectivity index (χ1v) is 10.0. The molecule has 2 heterocycles. The van der Waals surface area contributed by atoms with Crippen LogP contribution in [0.3, 0.4) is 0 Å². The Labute approximate surface area is 166 Å². The predicted octanol–water partition coefficient (Wildman–Crippen LogP) is 3.42. The van der Waals surface area contributed by atoms with E-state index in [0.717, 1.165) is 48.3 Å². The lowest BCUT2D eigenvalue weighted by Crippen LogP contribution is -2.52. The molecule has 1 fully saturated rings. The van der Waals surface area contributed by atoms with Gasteiger partial charge in [0.2, 0.25) is 0 Å². The van der Waals surface area contributed by atoms with Crippen LogP contribution in [0.2, 0.25) is 0 Å². The minimum atomic E-state index is 0.00437. The Morgan fingerprint density at radius 2 is 1.71 bits per heavy atom. The van der Waals surface area contributed by atoms with E-state index in [-0.39, 0.29) is 5.91 Å². The van der Waals surface area contributed by atoms with Crippen molar-refractivity contribution in [3.8, 4) is 0 Å². The summed E-state index contributed by atoms with van der Waals surface area (Å²) >= 11 is 0. The number of para-hydroxylation sites is 2. The van der Waals surface area contributed by atoms with Crippen LogP contribution in [0.1, 0.15) is 23.0 Å². The molecular weight excluding hydrogens is 348 g/mol. The molecule has 0 aliphatic carbocycles. The summed E-state index contributed by atoms with van der Waals surface area (Å²) < 4.78 is 0. The number of aryl methyl sites for hydroxylation is 1. The third-order valence-electron chi connectivity index (χ3n) is 5.74. The second-order valence-corrected chi connectivity index (χ2v) is 7.59. The van der Waals surface area contributed by atoms with Gasteiger partial charge in [-0.25, -0.2) is 0 Å². The highest BCUT2D eigenvalue weighted by molar-refractivity contribution is 6.08. The average molecular weight is 377 g/mol. The van der Waals surface area contributed by atoms with Crippen molar-refractivity contribution in [1.29, 1.82) is 0 Å². The number of rotatable bonds is 5. The van der Waals surface area contributed by atoms with Crippen molar-refractivity contribution in [1.82, 2.24) is 15.2 Å². The second-order valence-electron chi connectivity index (χ2n) is 7.59. The van der Waals surface area contributed by atoms with Crippen LogP contribution in [0.5, 0.6) is 0 Å². The molecule has 0 saturated carbocycles. The number of aromatic nitrogens is 1. The number of hydrogen-bond donors (Lipinski definition) is 2. The van der Waals surface area contributed by atoms with Gasteiger partial charge < -0.3 is 15.2 Å². The maximum absolute atomic E-state index is 12.8. The zero-order valence-electron chi connectivity index (χ0n) is 16.6. The normalized spacial score (nSPS) is 16.3. The molecule has 5 nitrogen and oxygen atoms in total. The number of amides is 1. The highest BCUT2D eigenvalue weighted by Crippen LogP contribution is 2.22. The summed E-state index contributed by atoms with van der Waals surface area (Å²) in [6, 6.07) is 18.9. The molecule has 1 aliphatic rings. The third-order valence-corrected chi connectivity index (χ3v) is 5.74. The van der Waals surface area contributed by atoms with Gasteiger partial charge in [-0.1, -0.05) is 36.4 Å². The van der Waals surface area contributed by atoms with E-state index < -0.39 is 0 Å². The van der Waals surface area contributed by atoms with Gasteiger partial charge in [0.25, 0.3) is 5.91 Å². The summed E-state index contributed by atoms with van der Waals surface area (Å²) in [5, 5.41) is 4.13. The molecule has 0 radical (unpaired) electrons. The van der Waals surface area contributed by atoms with Crippen molar-refractivity contribution < 1.29 is 4.79 Å². The lowest BCUT2D eigenvalue weighted by Gasteiger charge is -2.39. The Bertz CT molecular complexity index is 942. The van der Waals surface area contributed by atoms with E-state index in [1.165, 1.54) is 5.69 Å². The fourth-order valence-corrected chi connectivity index (χ4v) is 4.09. The summed E-state index contributed by atoms with van der Waals surface area (Å²) in [7, 11) is 0. The van der Waals surface area contributed by atoms with E-state index in [9.17, 15) is 4.79 Å². The van der Waals surface area contributed by atoms with Crippen LogP contribution < -0.4 is 10.2 Å². The average Bonchev–Trinajstić information content (AvgIpc) is 3.08. The molecule has 0 bridgehead atoms. The third kappa shape index (κ3) is 3.76. The molecule has 1 saturated heterocycles. The number of piperazine rings is 1. The van der Waals surface area contributed by atoms with Crippen molar-refractivity contribution in [2.45, 2.75) is 19.9 Å². The van der Waals surface area contributed by atoms with Crippen LogP contribution in [-0.2, 0) is 0 Å². The summed E-state index contributed by atoms with van der Waals surface area (Å²) in [6.07, 6.45) is 0. The minimum Gasteiger partial charge on any atom is -0.369 e. The number of anilines is 1. The number of benzene rings is 2. The zero-order valence-corrected chi connectivity index (χ0v) is 16.6. The lowest BCUT2D eigenvalue weighted by atomic mass is 10.1. The highest BCUT2D eigenvalue weighted by Gasteiger charge is 2.22. The van der Waals surface area contributed by atoms with Crippen LogP contribution in [0, 0.1) is 6.92 Å². The molecule has 1 aromatic heterocycles. The van der Waals surface area contributed by atoms with E-state index in [1.807, 2.05) is 31.2 Å². The van der Waals surface area contributed by atoms with Crippen molar-refractivity contribution in [2.24, 2.45) is 0 Å². The smallest absolute Gasteiger partial charge is 0.253 e. The molecule has 2 N–H and O–H groups in total. The van der Waals surface area contributed by atoms with Crippen molar-refractivity contribution in [3.63, 3.8) is 0 Å². The summed E-state index contributed by atoms with van der Waals surface area (Å²) in [4.78, 5) is 21.0. The fraction of sp³-hybridized carbons (Fsp3) is 0.348. The van der Waals surface area contributed by atoms with Gasteiger partial charge in [-0.05, 0) is 32.0 Å². The Morgan fingerprint density at radius 1 is 1.04 bits per heavy atom. The molecule has 2 aromatic carbocycles. The molecule has 0 unspecified atom stereocenters. The molecular formula is C23H28N4O. The zero-order chi connectivity index (χ0) is 19.5. The molecule has 28 heavy (non-hydrogen) atoms. The first kappa shape index (κ1) is 18.6. The van der Waals surface area contributed by atoms with Crippen LogP contribution in [-0.4, -0.2) is 54.6 Å². The first-order chi connectivity index (χ1) is 13.6. The van der Waals surface area contributed by atoms with E-state index >= 15 is 0 Å². The Morgan fingerprint density at radius 3 is 2.46 bits per heavy atom. The predicted molar refractivity (Wildman–Crippen MR) is 115 cm³/mol. The molecule has 1 amide bonds. The van der Waals surface area contributed by atoms with Crippen LogP contribution in [0.4, 0.5) is 5.69 Å². The number of carbonyl (C=O) groups excluding carboxylic acids is 1. The largest absolute Gasteiger partial charge is 0.369 e. The SMILES string of the molecule is Cc1[nH]c2ccccc2c1C(=O)NC[C@@H](C)N1CCN(c2ccccc2)CC1. The summed E-state index contributed by atoms with van der Waals surface area (Å²) in [6.45, 7) is 8.87. The number of nitrogens with zero attached hydrogens (tertiary/aromatic N) is 2. The summed E-state index contributed by atoms with van der Waals surface area (Å²) in [5.74, 6) is 0.00437. The Balaban J connectivity index is 1.33. The number of nitrogens with one attached hydrogen (secondary N) is 2. The fourth-order valence-electron chi connectivity index (χ4n) is 4.09. The second kappa shape index (κ2) is 8.07. The van der Waals surface area contributed by atoms with Gasteiger partial charge in [0.05, 0.1) is 5.56 Å². The van der Waals surface area contributed by atoms with E-state index in [0.29, 0.717) is 12.6 Å². The molecule has 5 heteroatoms. The molecule has 0 spiro atoms. The van der Waals surface area contributed by atoms with Gasteiger partial charge in [-0.2, -0.15) is 0 Å². The van der Waals surface area contributed by atoms with Crippen molar-refractivity contribution in [3.05, 3.63) is 65.9 Å². The minimum absolute atomic E-state index is 0.00437. The molecule has 4 rings (SSSR count). The van der Waals surface area contributed by atoms with Crippen LogP contribution in [0.15, 0.2) is 54.6 Å². The van der Waals surface area contributed by atoms with Gasteiger partial charge in [0.15, 0.2) is 0 Å². The van der Waals surface area contributed by atoms with Gasteiger partial charge >= 0.3 is 0 Å². The number of carbonyl (C=O) groups is 1. The standard InChI is InChI=1S/C23H28N4O/c1-17(26-12-14-27(15-13-26)19-8-4-3-5-9-19)16-24-23(28)22-18(2)25-21-11-7-6-10-20(21)22/h3-11,17,25H,12-16H2,1-2H3,(H,24,28)/t17-/m1/s1. The molecule has 146 valence electrons. The summed E-state index contributed by atoms with van der Waals surface area (Å²) in [5.41, 5.74) is 3.98. The highest BCUT2D eigenvalue weighted by atomic mass is 16.1. The van der Waals surface area contributed by atoms with Gasteiger partial charge in [-0.15, -0.1) is 0 Å². The van der Waals surface area contributed by atoms with Crippen molar-refractivity contribution >= 4 is 22.5 Å². The number of H-pyrrole nitrogens is 1. The van der Waals surface area contributed by atoms with E-state index in [4.69, 9.17) is 0 Å². The van der Waals surface area contributed by atoms with Crippen LogP contribution >= 0.6 is 0 Å². The van der Waals surface area contributed by atoms with Crippen molar-refractivity contribution in [2.75, 3.05) is 37.6 Å². The molecule has 1 aliphatic heterocycles. The quantitative estimate of drug-likeness (QED) is 0.717. The lowest BCUT2D eigenvalue weighted by molar-refractivity contribution is 0.0935. The van der Waals surface area contributed by atoms with E-state index in [1.54, 1.807) is 0 Å². The van der Waals surface area contributed by atoms with Crippen LogP contribution in [0.25, 0.3) is 10.9 Å². The van der Waals surface area contributed by atoms with Gasteiger partial charge in [0, 0.05) is 61.0 Å². The van der Waals surface area contributed by atoms with Gasteiger partial charge in [0.1, 0.15) is 0 Å². The number of hydrogen-bond acceptors (Lipinski definition) is 3. The van der Waals surface area contributed by atoms with Gasteiger partial charge in [-0.3, -0.25) is 9.69 Å². The maximum atomic E-state index is 12.8. The monoisotopic (exact) mass is 376 g/mol. The topological polar surface area (TPSA) is 51.4 Å². The number of aromatic amines is 1. The maximum Gasteiger partial charge on any atom is 0.253 e. The Hall–Kier alpha value is -2.79. The number of fused-ring (bicyclic) bond motifs is 1. The first-order valence-electron chi connectivity index (χ1n) is 10.0. The molecule has 3 aromatic rings. The van der Waals surface area contributed by atoms with E-state index in [2.05, 4.69) is 57.4 Å².